The van der Waals surface area contributed by atoms with Crippen molar-refractivity contribution in [2.24, 2.45) is 11.8 Å². The van der Waals surface area contributed by atoms with Gasteiger partial charge in [0.05, 0.1) is 5.69 Å². The van der Waals surface area contributed by atoms with E-state index in [0.717, 1.165) is 36.8 Å². The Labute approximate surface area is 132 Å². The molecule has 0 spiro atoms. The number of likely N-dealkylation sites (tertiary alicyclic amines) is 1. The number of rotatable bonds is 2. The number of aromatic nitrogens is 3. The predicted octanol–water partition coefficient (Wildman–Crippen LogP) is 1.20. The quantitative estimate of drug-likeness (QED) is 0.902. The molecule has 114 valence electrons. The summed E-state index contributed by atoms with van der Waals surface area (Å²) in [5, 5.41) is 4.11. The number of hydrogen-bond donors (Lipinski definition) is 1. The Kier molecular flexibility index (Phi) is 3.38. The third-order valence-corrected chi connectivity index (χ3v) is 5.57. The Bertz CT molecular complexity index is 689. The van der Waals surface area contributed by atoms with Crippen LogP contribution in [-0.4, -0.2) is 51.9 Å². The highest BCUT2D eigenvalue weighted by Gasteiger charge is 2.39. The molecule has 4 heterocycles. The molecule has 2 fully saturated rings. The molecule has 1 amide bonds. The van der Waals surface area contributed by atoms with Gasteiger partial charge in [0.2, 0.25) is 0 Å². The number of nitrogens with zero attached hydrogens (tertiary/aromatic N) is 4. The Hall–Kier alpha value is -1.86. The number of carbonyl (C=O) groups excluding carboxylic acids is 1. The second-order valence-corrected chi connectivity index (χ2v) is 6.89. The summed E-state index contributed by atoms with van der Waals surface area (Å²) in [5.74, 6) is 1.90. The van der Waals surface area contributed by atoms with E-state index in [1.54, 1.807) is 18.5 Å². The summed E-state index contributed by atoms with van der Waals surface area (Å²) in [7, 11) is 0. The number of amides is 1. The zero-order valence-electron chi connectivity index (χ0n) is 12.3. The van der Waals surface area contributed by atoms with E-state index in [1.165, 1.54) is 11.3 Å². The molecular weight excluding hydrogens is 298 g/mol. The van der Waals surface area contributed by atoms with E-state index in [2.05, 4.69) is 20.3 Å². The van der Waals surface area contributed by atoms with Gasteiger partial charge >= 0.3 is 0 Å². The molecule has 2 saturated heterocycles. The number of fused-ring (bicyclic) bond motifs is 1. The lowest BCUT2D eigenvalue weighted by Gasteiger charge is -2.16. The monoisotopic (exact) mass is 315 g/mol. The van der Waals surface area contributed by atoms with E-state index >= 15 is 0 Å². The van der Waals surface area contributed by atoms with Gasteiger partial charge in [-0.1, -0.05) is 0 Å². The van der Waals surface area contributed by atoms with Crippen LogP contribution < -0.4 is 5.32 Å². The Morgan fingerprint density at radius 3 is 2.64 bits per heavy atom. The molecule has 7 heteroatoms. The molecule has 1 N–H and O–H groups in total. The van der Waals surface area contributed by atoms with Crippen LogP contribution in [0.5, 0.6) is 0 Å². The second-order valence-electron chi connectivity index (χ2n) is 5.89. The van der Waals surface area contributed by atoms with E-state index in [9.17, 15) is 4.79 Å². The van der Waals surface area contributed by atoms with Crippen molar-refractivity contribution in [1.29, 1.82) is 0 Å². The molecule has 0 aliphatic carbocycles. The van der Waals surface area contributed by atoms with Gasteiger partial charge < -0.3 is 10.2 Å². The third kappa shape index (κ3) is 2.30. The average molecular weight is 315 g/mol. The molecule has 0 radical (unpaired) electrons. The van der Waals surface area contributed by atoms with Crippen LogP contribution in [0.25, 0.3) is 10.8 Å². The number of aryl methyl sites for hydroxylation is 1. The first-order valence-electron chi connectivity index (χ1n) is 7.47. The Morgan fingerprint density at radius 1 is 1.27 bits per heavy atom. The fourth-order valence-electron chi connectivity index (χ4n) is 3.26. The van der Waals surface area contributed by atoms with Crippen LogP contribution in [0.2, 0.25) is 0 Å². The molecule has 2 aliphatic heterocycles. The molecule has 0 aromatic carbocycles. The maximum absolute atomic E-state index is 12.8. The smallest absolute Gasteiger partial charge is 0.265 e. The highest BCUT2D eigenvalue weighted by molar-refractivity contribution is 7.17. The Balaban J connectivity index is 1.58. The van der Waals surface area contributed by atoms with E-state index in [-0.39, 0.29) is 5.91 Å². The van der Waals surface area contributed by atoms with E-state index in [1.807, 2.05) is 11.8 Å². The Morgan fingerprint density at radius 2 is 1.95 bits per heavy atom. The predicted molar refractivity (Wildman–Crippen MR) is 83.6 cm³/mol. The van der Waals surface area contributed by atoms with Crippen molar-refractivity contribution < 1.29 is 4.79 Å². The van der Waals surface area contributed by atoms with Crippen LogP contribution >= 0.6 is 11.3 Å². The molecule has 0 bridgehead atoms. The molecule has 4 rings (SSSR count). The molecule has 2 atom stereocenters. The van der Waals surface area contributed by atoms with Crippen LogP contribution in [-0.2, 0) is 0 Å². The number of thiazole rings is 1. The average Bonchev–Trinajstić information content (AvgIpc) is 3.21. The van der Waals surface area contributed by atoms with Crippen LogP contribution in [0, 0.1) is 18.8 Å². The molecule has 2 aromatic rings. The lowest BCUT2D eigenvalue weighted by Crippen LogP contribution is -2.31. The van der Waals surface area contributed by atoms with E-state index in [4.69, 9.17) is 0 Å². The molecule has 22 heavy (non-hydrogen) atoms. The van der Waals surface area contributed by atoms with Gasteiger partial charge in [0, 0.05) is 38.6 Å². The highest BCUT2D eigenvalue weighted by Crippen LogP contribution is 2.31. The summed E-state index contributed by atoms with van der Waals surface area (Å²) < 4.78 is 0. The van der Waals surface area contributed by atoms with Crippen molar-refractivity contribution in [3.8, 4) is 10.8 Å². The van der Waals surface area contributed by atoms with Crippen molar-refractivity contribution in [1.82, 2.24) is 25.2 Å². The first kappa shape index (κ1) is 13.8. The van der Waals surface area contributed by atoms with Gasteiger partial charge in [0.25, 0.3) is 5.91 Å². The van der Waals surface area contributed by atoms with Crippen LogP contribution in [0.3, 0.4) is 0 Å². The largest absolute Gasteiger partial charge is 0.337 e. The maximum atomic E-state index is 12.8. The first-order chi connectivity index (χ1) is 10.7. The first-order valence-corrected chi connectivity index (χ1v) is 8.29. The molecule has 0 unspecified atom stereocenters. The van der Waals surface area contributed by atoms with Crippen molar-refractivity contribution in [3.63, 3.8) is 0 Å². The topological polar surface area (TPSA) is 71.0 Å². The standard InChI is InChI=1S/C15H17N5OS/c1-9-12(22-14(19-9)13-17-3-2-4-18-13)15(21)20-7-10-5-16-6-11(10)8-20/h2-4,10-11,16H,5-8H2,1H3/t10-,11+. The lowest BCUT2D eigenvalue weighted by atomic mass is 10.0. The zero-order valence-corrected chi connectivity index (χ0v) is 13.1. The molecule has 6 nitrogen and oxygen atoms in total. The summed E-state index contributed by atoms with van der Waals surface area (Å²) >= 11 is 1.39. The summed E-state index contributed by atoms with van der Waals surface area (Å²) in [6, 6.07) is 1.77. The highest BCUT2D eigenvalue weighted by atomic mass is 32.1. The molecule has 2 aromatic heterocycles. The lowest BCUT2D eigenvalue weighted by molar-refractivity contribution is 0.0785. The fraction of sp³-hybridized carbons (Fsp3) is 0.467. The minimum atomic E-state index is 0.103. The van der Waals surface area contributed by atoms with E-state index < -0.39 is 0 Å². The third-order valence-electron chi connectivity index (χ3n) is 4.42. The van der Waals surface area contributed by atoms with Gasteiger partial charge in [0.15, 0.2) is 10.8 Å². The van der Waals surface area contributed by atoms with Crippen LogP contribution in [0.15, 0.2) is 18.5 Å². The van der Waals surface area contributed by atoms with E-state index in [0.29, 0.717) is 22.7 Å². The molecule has 2 aliphatic rings. The number of hydrogen-bond acceptors (Lipinski definition) is 6. The van der Waals surface area contributed by atoms with Gasteiger partial charge in [-0.05, 0) is 24.8 Å². The van der Waals surface area contributed by atoms with Crippen molar-refractivity contribution >= 4 is 17.2 Å². The van der Waals surface area contributed by atoms with Gasteiger partial charge in [0.1, 0.15) is 4.88 Å². The summed E-state index contributed by atoms with van der Waals surface area (Å²) in [5.41, 5.74) is 0.771. The van der Waals surface area contributed by atoms with Gasteiger partial charge in [-0.3, -0.25) is 4.79 Å². The number of nitrogens with one attached hydrogen (secondary N) is 1. The normalized spacial score (nSPS) is 23.8. The van der Waals surface area contributed by atoms with Crippen molar-refractivity contribution in [2.45, 2.75) is 6.92 Å². The van der Waals surface area contributed by atoms with Crippen LogP contribution in [0.4, 0.5) is 0 Å². The second kappa shape index (κ2) is 5.40. The summed E-state index contributed by atoms with van der Waals surface area (Å²) in [6.07, 6.45) is 3.38. The minimum absolute atomic E-state index is 0.103. The fourth-order valence-corrected chi connectivity index (χ4v) is 4.25. The van der Waals surface area contributed by atoms with Gasteiger partial charge in [-0.15, -0.1) is 11.3 Å². The molecular formula is C15H17N5OS. The van der Waals surface area contributed by atoms with Crippen molar-refractivity contribution in [3.05, 3.63) is 29.0 Å². The minimum Gasteiger partial charge on any atom is -0.337 e. The van der Waals surface area contributed by atoms with Gasteiger partial charge in [-0.25, -0.2) is 15.0 Å². The van der Waals surface area contributed by atoms with Crippen LogP contribution in [0.1, 0.15) is 15.4 Å². The van der Waals surface area contributed by atoms with Crippen molar-refractivity contribution in [2.75, 3.05) is 26.2 Å². The summed E-state index contributed by atoms with van der Waals surface area (Å²) in [4.78, 5) is 28.4. The van der Waals surface area contributed by atoms with Gasteiger partial charge in [-0.2, -0.15) is 0 Å². The zero-order chi connectivity index (χ0) is 15.1. The molecule has 0 saturated carbocycles. The SMILES string of the molecule is Cc1nc(-c2ncccn2)sc1C(=O)N1C[C@H]2CNC[C@H]2C1. The number of carbonyl (C=O) groups is 1. The summed E-state index contributed by atoms with van der Waals surface area (Å²) in [6.45, 7) is 5.64. The maximum Gasteiger partial charge on any atom is 0.265 e.